The van der Waals surface area contributed by atoms with Crippen LogP contribution < -0.4 is 4.52 Å². The van der Waals surface area contributed by atoms with Gasteiger partial charge in [0.05, 0.1) is 5.75 Å². The molecule has 0 N–H and O–H groups in total. The molecule has 0 aliphatic carbocycles. The fraction of sp³-hybridized carbons (Fsp3) is 0. The highest BCUT2D eigenvalue weighted by atomic mass is 31.0. The third-order valence-corrected chi connectivity index (χ3v) is 1.10. The molecule has 0 atom stereocenters. The van der Waals surface area contributed by atoms with Gasteiger partial charge in [-0.3, -0.25) is 0 Å². The molecule has 0 aliphatic heterocycles. The van der Waals surface area contributed by atoms with E-state index in [0.717, 1.165) is 5.75 Å². The molecule has 0 aliphatic rings. The van der Waals surface area contributed by atoms with Crippen LogP contribution in [0.2, 0.25) is 0 Å². The van der Waals surface area contributed by atoms with Crippen LogP contribution in [0.3, 0.4) is 0 Å². The van der Waals surface area contributed by atoms with E-state index in [1.807, 2.05) is 30.3 Å². The zero-order valence-electron chi connectivity index (χ0n) is 4.29. The Morgan fingerprint density at radius 1 is 1.12 bits per heavy atom. The summed E-state index contributed by atoms with van der Waals surface area (Å²) in [5, 5.41) is 0. The molecule has 0 saturated heterocycles. The third kappa shape index (κ3) is 1.21. The molecule has 2 heteroatoms. The number of para-hydroxylation sites is 1. The molecule has 0 spiro atoms. The molecule has 1 nitrogen and oxygen atoms in total. The summed E-state index contributed by atoms with van der Waals surface area (Å²) in [4.78, 5) is 0. The topological polar surface area (TPSA) is 9.23 Å². The first-order chi connectivity index (χ1) is 3.93. The predicted octanol–water partition coefficient (Wildman–Crippen LogP) is 2.12. The summed E-state index contributed by atoms with van der Waals surface area (Å²) in [5.41, 5.74) is 0. The van der Waals surface area contributed by atoms with Crippen LogP contribution in [-0.2, 0) is 0 Å². The molecular weight excluding hydrogens is 119 g/mol. The van der Waals surface area contributed by atoms with Gasteiger partial charge in [-0.2, -0.15) is 0 Å². The van der Waals surface area contributed by atoms with Gasteiger partial charge in [0.2, 0.25) is 0 Å². The van der Waals surface area contributed by atoms with E-state index < -0.39 is 0 Å². The standard InChI is InChI=1S/C6H6OP/c8-7-6-4-2-1-3-5-6/h1-5,8H/q-1. The Morgan fingerprint density at radius 2 is 1.75 bits per heavy atom. The molecule has 1 aromatic rings. The van der Waals surface area contributed by atoms with Gasteiger partial charge < -0.3 is 14.0 Å². The smallest absolute Gasteiger partial charge is 0.0840 e. The third-order valence-electron chi connectivity index (χ3n) is 0.861. The molecule has 0 saturated carbocycles. The first-order valence-electron chi connectivity index (χ1n) is 2.32. The lowest BCUT2D eigenvalue weighted by molar-refractivity contribution is 0.646. The highest BCUT2D eigenvalue weighted by Crippen LogP contribution is 2.09. The summed E-state index contributed by atoms with van der Waals surface area (Å²) in [7, 11) is 2.90. The van der Waals surface area contributed by atoms with Crippen molar-refractivity contribution in [3.63, 3.8) is 0 Å². The summed E-state index contributed by atoms with van der Waals surface area (Å²) >= 11 is 0. The largest absolute Gasteiger partial charge is 0.673 e. The quantitative estimate of drug-likeness (QED) is 0.522. The van der Waals surface area contributed by atoms with Gasteiger partial charge in [-0.05, 0) is 12.1 Å². The van der Waals surface area contributed by atoms with Crippen molar-refractivity contribution in [2.75, 3.05) is 0 Å². The van der Waals surface area contributed by atoms with Crippen molar-refractivity contribution in [2.45, 2.75) is 0 Å². The minimum Gasteiger partial charge on any atom is -0.673 e. The second-order valence-corrected chi connectivity index (χ2v) is 1.62. The van der Waals surface area contributed by atoms with Gasteiger partial charge >= 0.3 is 0 Å². The minimum atomic E-state index is 0.823. The van der Waals surface area contributed by atoms with Crippen molar-refractivity contribution in [1.82, 2.24) is 0 Å². The average molecular weight is 125 g/mol. The molecule has 42 valence electrons. The van der Waals surface area contributed by atoms with Gasteiger partial charge in [-0.1, -0.05) is 18.2 Å². The Kier molecular flexibility index (Phi) is 1.87. The van der Waals surface area contributed by atoms with Crippen LogP contribution in [0.15, 0.2) is 30.3 Å². The zero-order chi connectivity index (χ0) is 5.82. The monoisotopic (exact) mass is 125 g/mol. The normalized spacial score (nSPS) is 8.62. The van der Waals surface area contributed by atoms with E-state index in [2.05, 4.69) is 9.47 Å². The molecule has 1 aromatic carbocycles. The number of hydrogen-bond acceptors (Lipinski definition) is 1. The SMILES string of the molecule is [PH-]Oc1ccccc1. The fourth-order valence-electron chi connectivity index (χ4n) is 0.489. The van der Waals surface area contributed by atoms with Gasteiger partial charge in [0.15, 0.2) is 0 Å². The van der Waals surface area contributed by atoms with Crippen molar-refractivity contribution in [2.24, 2.45) is 0 Å². The summed E-state index contributed by atoms with van der Waals surface area (Å²) < 4.78 is 4.72. The molecule has 1 rings (SSSR count). The van der Waals surface area contributed by atoms with Crippen LogP contribution in [0.5, 0.6) is 5.75 Å². The second-order valence-electron chi connectivity index (χ2n) is 1.42. The maximum absolute atomic E-state index is 4.72. The number of benzene rings is 1. The first kappa shape index (κ1) is 5.58. The van der Waals surface area contributed by atoms with E-state index in [9.17, 15) is 0 Å². The van der Waals surface area contributed by atoms with Gasteiger partial charge in [0.25, 0.3) is 0 Å². The summed E-state index contributed by atoms with van der Waals surface area (Å²) in [6.45, 7) is 0. The molecular formula is C6H6OP-. The summed E-state index contributed by atoms with van der Waals surface area (Å²) in [6.07, 6.45) is 0. The molecule has 0 heterocycles. The van der Waals surface area contributed by atoms with Crippen LogP contribution in [-0.4, -0.2) is 0 Å². The van der Waals surface area contributed by atoms with Crippen LogP contribution in [0.1, 0.15) is 0 Å². The van der Waals surface area contributed by atoms with Crippen molar-refractivity contribution in [3.05, 3.63) is 30.3 Å². The highest BCUT2D eigenvalue weighted by molar-refractivity contribution is 7.10. The van der Waals surface area contributed by atoms with Crippen LogP contribution in [0.25, 0.3) is 0 Å². The van der Waals surface area contributed by atoms with E-state index in [-0.39, 0.29) is 0 Å². The Labute approximate surface area is 51.0 Å². The van der Waals surface area contributed by atoms with E-state index in [0.29, 0.717) is 0 Å². The Morgan fingerprint density at radius 3 is 2.12 bits per heavy atom. The molecule has 0 aromatic heterocycles. The first-order valence-corrected chi connectivity index (χ1v) is 2.73. The Hall–Kier alpha value is -0.550. The molecule has 8 heavy (non-hydrogen) atoms. The fourth-order valence-corrected chi connectivity index (χ4v) is 0.625. The Bertz CT molecular complexity index is 150. The number of hydrogen-bond donors (Lipinski definition) is 0. The van der Waals surface area contributed by atoms with E-state index in [4.69, 9.17) is 4.52 Å². The summed E-state index contributed by atoms with van der Waals surface area (Å²) in [6, 6.07) is 9.50. The molecule has 0 fully saturated rings. The van der Waals surface area contributed by atoms with E-state index in [1.54, 1.807) is 0 Å². The maximum Gasteiger partial charge on any atom is 0.0840 e. The maximum atomic E-state index is 4.72. The molecule has 0 amide bonds. The average Bonchev–Trinajstić information content (AvgIpc) is 1.90. The van der Waals surface area contributed by atoms with Crippen LogP contribution >= 0.6 is 9.47 Å². The van der Waals surface area contributed by atoms with Gasteiger partial charge in [0, 0.05) is 0 Å². The zero-order valence-corrected chi connectivity index (χ0v) is 5.29. The molecule has 0 radical (unpaired) electrons. The van der Waals surface area contributed by atoms with E-state index in [1.165, 1.54) is 0 Å². The lowest BCUT2D eigenvalue weighted by Gasteiger charge is -2.05. The molecule has 0 unspecified atom stereocenters. The van der Waals surface area contributed by atoms with E-state index >= 15 is 0 Å². The van der Waals surface area contributed by atoms with Crippen molar-refractivity contribution < 1.29 is 4.52 Å². The summed E-state index contributed by atoms with van der Waals surface area (Å²) in [5.74, 6) is 0.823. The molecule has 0 bridgehead atoms. The van der Waals surface area contributed by atoms with Gasteiger partial charge in [-0.15, -0.1) is 0 Å². The second kappa shape index (κ2) is 2.68. The lowest BCUT2D eigenvalue weighted by Crippen LogP contribution is -1.68. The van der Waals surface area contributed by atoms with Crippen LogP contribution in [0, 0.1) is 0 Å². The van der Waals surface area contributed by atoms with Crippen molar-refractivity contribution in [3.8, 4) is 5.75 Å². The Balaban J connectivity index is 2.83. The van der Waals surface area contributed by atoms with Gasteiger partial charge in [0.1, 0.15) is 0 Å². The predicted molar refractivity (Wildman–Crippen MR) is 35.4 cm³/mol. The van der Waals surface area contributed by atoms with Gasteiger partial charge in [-0.25, -0.2) is 0 Å². The highest BCUT2D eigenvalue weighted by Gasteiger charge is 1.76. The lowest BCUT2D eigenvalue weighted by atomic mass is 10.3. The van der Waals surface area contributed by atoms with Crippen molar-refractivity contribution in [1.29, 1.82) is 0 Å². The van der Waals surface area contributed by atoms with Crippen molar-refractivity contribution >= 4 is 9.47 Å². The number of rotatable bonds is 1. The minimum absolute atomic E-state index is 0.823. The van der Waals surface area contributed by atoms with Crippen LogP contribution in [0.4, 0.5) is 0 Å².